The van der Waals surface area contributed by atoms with Crippen LogP contribution in [0.4, 0.5) is 5.69 Å². The van der Waals surface area contributed by atoms with Gasteiger partial charge in [-0.1, -0.05) is 72.8 Å². The number of nitrogens with one attached hydrogen (secondary N) is 1. The molecule has 0 saturated carbocycles. The van der Waals surface area contributed by atoms with Crippen LogP contribution in [0.25, 0.3) is 11.1 Å². The molecule has 4 heteroatoms. The van der Waals surface area contributed by atoms with E-state index >= 15 is 0 Å². The van der Waals surface area contributed by atoms with Crippen LogP contribution in [0.5, 0.6) is 0 Å². The second-order valence-electron chi connectivity index (χ2n) is 6.48. The molecule has 1 amide bonds. The fourth-order valence-electron chi connectivity index (χ4n) is 3.14. The zero-order valence-corrected chi connectivity index (χ0v) is 16.5. The lowest BCUT2D eigenvalue weighted by Gasteiger charge is -2.15. The fourth-order valence-corrected chi connectivity index (χ4v) is 3.14. The minimum Gasteiger partial charge on any atom is -0.459 e. The van der Waals surface area contributed by atoms with Crippen molar-refractivity contribution in [1.29, 1.82) is 0 Å². The van der Waals surface area contributed by atoms with Gasteiger partial charge in [-0.25, -0.2) is 4.79 Å². The van der Waals surface area contributed by atoms with Gasteiger partial charge in [0.15, 0.2) is 0 Å². The summed E-state index contributed by atoms with van der Waals surface area (Å²) in [5.41, 5.74) is 6.08. The number of carbonyl (C=O) groups excluding carboxylic acids is 2. The van der Waals surface area contributed by atoms with E-state index in [1.54, 1.807) is 19.1 Å². The number of benzene rings is 3. The average molecular weight is 385 g/mol. The van der Waals surface area contributed by atoms with Crippen molar-refractivity contribution < 1.29 is 14.3 Å². The molecule has 0 fully saturated rings. The minimum atomic E-state index is -0.888. The first kappa shape index (κ1) is 20.1. The summed E-state index contributed by atoms with van der Waals surface area (Å²) in [6.07, 6.45) is 0. The van der Waals surface area contributed by atoms with E-state index in [4.69, 9.17) is 4.74 Å². The highest BCUT2D eigenvalue weighted by Crippen LogP contribution is 2.32. The zero-order chi connectivity index (χ0) is 20.6. The fraction of sp³-hybridized carbons (Fsp3) is 0.120. The molecule has 0 aliphatic carbocycles. The van der Waals surface area contributed by atoms with Crippen LogP contribution in [0, 0.1) is 0 Å². The van der Waals surface area contributed by atoms with Crippen molar-refractivity contribution in [2.24, 2.45) is 0 Å². The lowest BCUT2D eigenvalue weighted by molar-refractivity contribution is -0.152. The highest BCUT2D eigenvalue weighted by atomic mass is 16.5. The van der Waals surface area contributed by atoms with Crippen molar-refractivity contribution in [2.45, 2.75) is 13.8 Å². The Bertz CT molecular complexity index is 1010. The van der Waals surface area contributed by atoms with E-state index in [2.05, 4.69) is 36.5 Å². The Kier molecular flexibility index (Phi) is 6.59. The van der Waals surface area contributed by atoms with Crippen molar-refractivity contribution in [2.75, 3.05) is 11.9 Å². The predicted octanol–water partition coefficient (Wildman–Crippen LogP) is 5.17. The van der Waals surface area contributed by atoms with E-state index in [-0.39, 0.29) is 6.61 Å². The van der Waals surface area contributed by atoms with Gasteiger partial charge in [0, 0.05) is 5.69 Å². The molecule has 0 aliphatic rings. The summed E-state index contributed by atoms with van der Waals surface area (Å²) in [6.45, 7) is 3.93. The van der Waals surface area contributed by atoms with E-state index in [1.165, 1.54) is 0 Å². The number of esters is 1. The number of hydrogen-bond acceptors (Lipinski definition) is 3. The predicted molar refractivity (Wildman–Crippen MR) is 116 cm³/mol. The summed E-state index contributed by atoms with van der Waals surface area (Å²) in [6, 6.07) is 27.9. The van der Waals surface area contributed by atoms with Gasteiger partial charge in [-0.3, -0.25) is 4.79 Å². The number of allylic oxidation sites excluding steroid dienone is 1. The molecular weight excluding hydrogens is 362 g/mol. The van der Waals surface area contributed by atoms with E-state index < -0.39 is 11.9 Å². The zero-order valence-electron chi connectivity index (χ0n) is 16.5. The monoisotopic (exact) mass is 385 g/mol. The minimum absolute atomic E-state index is 0.162. The van der Waals surface area contributed by atoms with E-state index in [9.17, 15) is 9.59 Å². The maximum atomic E-state index is 11.8. The second kappa shape index (κ2) is 9.51. The number of carbonyl (C=O) groups is 2. The van der Waals surface area contributed by atoms with E-state index in [1.807, 2.05) is 48.5 Å². The van der Waals surface area contributed by atoms with Gasteiger partial charge in [0.25, 0.3) is 0 Å². The van der Waals surface area contributed by atoms with Crippen LogP contribution in [0.1, 0.15) is 30.5 Å². The molecule has 0 saturated heterocycles. The number of amides is 1. The van der Waals surface area contributed by atoms with Gasteiger partial charge in [-0.05, 0) is 53.8 Å². The quantitative estimate of drug-likeness (QED) is 0.375. The SMILES string of the molecule is CCOC(=O)C(=O)Nc1ccc(/C(=C(/C)c2ccccc2)c2ccccc2)cc1. The summed E-state index contributed by atoms with van der Waals surface area (Å²) >= 11 is 0. The van der Waals surface area contributed by atoms with Gasteiger partial charge >= 0.3 is 11.9 Å². The van der Waals surface area contributed by atoms with Crippen molar-refractivity contribution >= 4 is 28.7 Å². The smallest absolute Gasteiger partial charge is 0.397 e. The largest absolute Gasteiger partial charge is 0.459 e. The third-order valence-corrected chi connectivity index (χ3v) is 4.54. The lowest BCUT2D eigenvalue weighted by Crippen LogP contribution is -2.24. The van der Waals surface area contributed by atoms with Gasteiger partial charge in [0.2, 0.25) is 0 Å². The molecular formula is C25H23NO3. The second-order valence-corrected chi connectivity index (χ2v) is 6.48. The van der Waals surface area contributed by atoms with Crippen molar-refractivity contribution in [3.8, 4) is 0 Å². The number of rotatable bonds is 5. The first-order chi connectivity index (χ1) is 14.1. The van der Waals surface area contributed by atoms with E-state index in [0.717, 1.165) is 27.8 Å². The van der Waals surface area contributed by atoms with Crippen LogP contribution in [0.2, 0.25) is 0 Å². The first-order valence-corrected chi connectivity index (χ1v) is 9.50. The topological polar surface area (TPSA) is 55.4 Å². The molecule has 3 aromatic rings. The number of ether oxygens (including phenoxy) is 1. The molecule has 1 N–H and O–H groups in total. The van der Waals surface area contributed by atoms with Gasteiger partial charge in [0.05, 0.1) is 6.61 Å². The van der Waals surface area contributed by atoms with Crippen LogP contribution < -0.4 is 5.32 Å². The van der Waals surface area contributed by atoms with Crippen molar-refractivity contribution in [1.82, 2.24) is 0 Å². The summed E-state index contributed by atoms with van der Waals surface area (Å²) in [5, 5.41) is 2.56. The summed E-state index contributed by atoms with van der Waals surface area (Å²) in [4.78, 5) is 23.4. The summed E-state index contributed by atoms with van der Waals surface area (Å²) in [7, 11) is 0. The molecule has 0 aromatic heterocycles. The number of anilines is 1. The van der Waals surface area contributed by atoms with Crippen LogP contribution >= 0.6 is 0 Å². The van der Waals surface area contributed by atoms with Gasteiger partial charge in [-0.2, -0.15) is 0 Å². The first-order valence-electron chi connectivity index (χ1n) is 9.50. The third kappa shape index (κ3) is 4.99. The standard InChI is InChI=1S/C25H23NO3/c1-3-29-25(28)24(27)26-22-16-14-21(15-17-22)23(20-12-8-5-9-13-20)18(2)19-10-6-4-7-11-19/h4-17H,3H2,1-2H3,(H,26,27)/b23-18-. The molecule has 3 rings (SSSR count). The van der Waals surface area contributed by atoms with Crippen LogP contribution in [-0.2, 0) is 14.3 Å². The van der Waals surface area contributed by atoms with Crippen LogP contribution in [-0.4, -0.2) is 18.5 Å². The normalized spacial score (nSPS) is 11.4. The molecule has 3 aromatic carbocycles. The van der Waals surface area contributed by atoms with E-state index in [0.29, 0.717) is 5.69 Å². The van der Waals surface area contributed by atoms with Crippen molar-refractivity contribution in [3.05, 3.63) is 102 Å². The molecule has 0 atom stereocenters. The Morgan fingerprint density at radius 3 is 1.83 bits per heavy atom. The Balaban J connectivity index is 1.96. The highest BCUT2D eigenvalue weighted by Gasteiger charge is 2.15. The summed E-state index contributed by atoms with van der Waals surface area (Å²) < 4.78 is 4.72. The molecule has 0 unspecified atom stereocenters. The number of hydrogen-bond donors (Lipinski definition) is 1. The van der Waals surface area contributed by atoms with Gasteiger partial charge < -0.3 is 10.1 Å². The lowest BCUT2D eigenvalue weighted by atomic mass is 9.90. The molecule has 0 bridgehead atoms. The molecule has 0 spiro atoms. The molecule has 29 heavy (non-hydrogen) atoms. The molecule has 4 nitrogen and oxygen atoms in total. The Morgan fingerprint density at radius 2 is 1.28 bits per heavy atom. The third-order valence-electron chi connectivity index (χ3n) is 4.54. The molecule has 0 heterocycles. The Hall–Kier alpha value is -3.66. The van der Waals surface area contributed by atoms with Crippen LogP contribution in [0.3, 0.4) is 0 Å². The maximum absolute atomic E-state index is 11.8. The molecule has 146 valence electrons. The van der Waals surface area contributed by atoms with Gasteiger partial charge in [0.1, 0.15) is 0 Å². The average Bonchev–Trinajstić information content (AvgIpc) is 2.76. The Morgan fingerprint density at radius 1 is 0.759 bits per heavy atom. The molecule has 0 aliphatic heterocycles. The van der Waals surface area contributed by atoms with Crippen LogP contribution in [0.15, 0.2) is 84.9 Å². The Labute approximate surface area is 170 Å². The molecule has 0 radical (unpaired) electrons. The van der Waals surface area contributed by atoms with Crippen molar-refractivity contribution in [3.63, 3.8) is 0 Å². The highest BCUT2D eigenvalue weighted by molar-refractivity contribution is 6.37. The van der Waals surface area contributed by atoms with Gasteiger partial charge in [-0.15, -0.1) is 0 Å². The maximum Gasteiger partial charge on any atom is 0.397 e. The summed E-state index contributed by atoms with van der Waals surface area (Å²) in [5.74, 6) is -1.67.